The molecule has 0 aromatic heterocycles. The van der Waals surface area contributed by atoms with Gasteiger partial charge in [0.25, 0.3) is 0 Å². The van der Waals surface area contributed by atoms with Gasteiger partial charge in [-0.05, 0) is 50.8 Å². The molecule has 1 aliphatic heterocycles. The summed E-state index contributed by atoms with van der Waals surface area (Å²) >= 11 is 0. The second-order valence-corrected chi connectivity index (χ2v) is 6.77. The Bertz CT molecular complexity index is 745. The minimum absolute atomic E-state index is 0.283. The number of halogens is 3. The molecule has 2 rings (SSSR count). The Morgan fingerprint density at radius 3 is 2.50 bits per heavy atom. The van der Waals surface area contributed by atoms with Crippen molar-refractivity contribution in [3.05, 3.63) is 35.4 Å². The Morgan fingerprint density at radius 2 is 1.96 bits per heavy atom. The predicted molar refractivity (Wildman–Crippen MR) is 97.0 cm³/mol. The van der Waals surface area contributed by atoms with Crippen molar-refractivity contribution in [2.45, 2.75) is 51.3 Å². The predicted octanol–water partition coefficient (Wildman–Crippen LogP) is 4.32. The molecule has 1 unspecified atom stereocenters. The molecule has 1 aromatic rings. The number of alkyl halides is 3. The maximum atomic E-state index is 12.8. The lowest BCUT2D eigenvalue weighted by Crippen LogP contribution is -2.36. The molecule has 0 aliphatic carbocycles. The molecule has 0 N–H and O–H groups in total. The molecule has 1 aromatic carbocycles. The fourth-order valence-corrected chi connectivity index (χ4v) is 2.67. The molecular formula is C19H23F3N2O4. The lowest BCUT2D eigenvalue weighted by atomic mass is 10.0. The third-order valence-corrected chi connectivity index (χ3v) is 4.22. The molecule has 154 valence electrons. The molecule has 28 heavy (non-hydrogen) atoms. The lowest BCUT2D eigenvalue weighted by Gasteiger charge is -2.17. The molecule has 0 saturated carbocycles. The second kappa shape index (κ2) is 9.18. The zero-order valence-corrected chi connectivity index (χ0v) is 16.0. The Kier molecular flexibility index (Phi) is 7.17. The topological polar surface area (TPSA) is 69.5 Å². The zero-order chi connectivity index (χ0) is 20.8. The molecule has 1 heterocycles. The third kappa shape index (κ3) is 5.79. The van der Waals surface area contributed by atoms with Crippen molar-refractivity contribution in [1.82, 2.24) is 0 Å². The van der Waals surface area contributed by atoms with E-state index < -0.39 is 23.3 Å². The molecule has 0 radical (unpaired) electrons. The monoisotopic (exact) mass is 400 g/mol. The van der Waals surface area contributed by atoms with Crippen LogP contribution in [0.4, 0.5) is 13.2 Å². The van der Waals surface area contributed by atoms with Crippen LogP contribution in [-0.2, 0) is 25.4 Å². The summed E-state index contributed by atoms with van der Waals surface area (Å²) in [7, 11) is 1.58. The summed E-state index contributed by atoms with van der Waals surface area (Å²) in [5.41, 5.74) is -0.535. The highest BCUT2D eigenvalue weighted by molar-refractivity contribution is 6.01. The van der Waals surface area contributed by atoms with Crippen LogP contribution in [0.15, 0.2) is 34.6 Å². The van der Waals surface area contributed by atoms with Crippen LogP contribution < -0.4 is 0 Å². The number of carbonyl (C=O) groups is 1. The van der Waals surface area contributed by atoms with Gasteiger partial charge in [-0.3, -0.25) is 0 Å². The third-order valence-electron chi connectivity index (χ3n) is 4.22. The molecule has 1 atom stereocenters. The number of nitrogens with zero attached hydrogens (tertiary/aromatic N) is 2. The number of hydrogen-bond acceptors (Lipinski definition) is 6. The van der Waals surface area contributed by atoms with Gasteiger partial charge in [0, 0.05) is 20.1 Å². The van der Waals surface area contributed by atoms with Gasteiger partial charge in [0.05, 0.1) is 17.0 Å². The molecule has 9 heteroatoms. The lowest BCUT2D eigenvalue weighted by molar-refractivity contribution is -0.167. The first kappa shape index (κ1) is 21.9. The van der Waals surface area contributed by atoms with E-state index in [1.165, 1.54) is 12.1 Å². The molecule has 0 saturated heterocycles. The first-order chi connectivity index (χ1) is 13.2. The highest BCUT2D eigenvalue weighted by Gasteiger charge is 2.43. The van der Waals surface area contributed by atoms with Gasteiger partial charge in [-0.1, -0.05) is 22.4 Å². The van der Waals surface area contributed by atoms with Gasteiger partial charge in [0.15, 0.2) is 0 Å². The van der Waals surface area contributed by atoms with E-state index in [-0.39, 0.29) is 6.42 Å². The maximum Gasteiger partial charge on any atom is 0.416 e. The van der Waals surface area contributed by atoms with Gasteiger partial charge in [0.2, 0.25) is 5.60 Å². The van der Waals surface area contributed by atoms with Gasteiger partial charge in [-0.25, -0.2) is 4.79 Å². The Morgan fingerprint density at radius 1 is 1.29 bits per heavy atom. The molecule has 6 nitrogen and oxygen atoms in total. The largest absolute Gasteiger partial charge is 0.416 e. The molecule has 0 amide bonds. The van der Waals surface area contributed by atoms with E-state index in [0.29, 0.717) is 36.4 Å². The number of rotatable bonds is 8. The van der Waals surface area contributed by atoms with Gasteiger partial charge in [-0.15, -0.1) is 0 Å². The van der Waals surface area contributed by atoms with Crippen molar-refractivity contribution < 1.29 is 32.4 Å². The Hall–Kier alpha value is -2.42. The number of carbonyl (C=O) groups excluding carboxylic acids is 1. The number of ether oxygens (including phenoxy) is 1. The van der Waals surface area contributed by atoms with Crippen LogP contribution in [-0.4, -0.2) is 36.7 Å². The maximum absolute atomic E-state index is 12.8. The first-order valence-corrected chi connectivity index (χ1v) is 8.82. The average Bonchev–Trinajstić information content (AvgIpc) is 3.00. The second-order valence-electron chi connectivity index (χ2n) is 6.77. The fourth-order valence-electron chi connectivity index (χ4n) is 2.67. The fraction of sp³-hybridized carbons (Fsp3) is 0.526. The Balaban J connectivity index is 2.14. The summed E-state index contributed by atoms with van der Waals surface area (Å²) in [6, 6.07) is 4.57. The summed E-state index contributed by atoms with van der Waals surface area (Å²) in [5.74, 6) is -0.714. The van der Waals surface area contributed by atoms with Crippen molar-refractivity contribution in [3.8, 4) is 0 Å². The van der Waals surface area contributed by atoms with Gasteiger partial charge < -0.3 is 14.4 Å². The standard InChI is InChI=1S/C19H23F3N2O4/c1-13-12-18(2,28-23-13)17(25)27-24-16(6-4-5-11-26-3)14-7-9-15(10-8-14)19(20,21)22/h7-10H,4-6,11-12H2,1-3H3/b24-16+. The number of methoxy groups -OCH3 is 1. The van der Waals surface area contributed by atoms with Gasteiger partial charge in [0.1, 0.15) is 0 Å². The molecule has 0 fully saturated rings. The van der Waals surface area contributed by atoms with Crippen LogP contribution in [0.1, 0.15) is 50.7 Å². The summed E-state index contributed by atoms with van der Waals surface area (Å²) in [6.45, 7) is 3.81. The molecular weight excluding hydrogens is 377 g/mol. The summed E-state index contributed by atoms with van der Waals surface area (Å²) in [4.78, 5) is 22.5. The number of unbranched alkanes of at least 4 members (excludes halogenated alkanes) is 1. The molecule has 0 spiro atoms. The van der Waals surface area contributed by atoms with Crippen LogP contribution in [0.3, 0.4) is 0 Å². The summed E-state index contributed by atoms with van der Waals surface area (Å²) in [6.07, 6.45) is -2.33. The van der Waals surface area contributed by atoms with Crippen LogP contribution in [0.2, 0.25) is 0 Å². The smallest absolute Gasteiger partial charge is 0.385 e. The summed E-state index contributed by atoms with van der Waals surface area (Å²) in [5, 5.41) is 7.66. The van der Waals surface area contributed by atoms with Crippen LogP contribution in [0.5, 0.6) is 0 Å². The zero-order valence-electron chi connectivity index (χ0n) is 16.0. The number of benzene rings is 1. The first-order valence-electron chi connectivity index (χ1n) is 8.82. The van der Waals surface area contributed by atoms with Gasteiger partial charge >= 0.3 is 12.1 Å². The number of hydrogen-bond donors (Lipinski definition) is 0. The quantitative estimate of drug-likeness (QED) is 0.282. The van der Waals surface area contributed by atoms with E-state index in [0.717, 1.165) is 18.6 Å². The van der Waals surface area contributed by atoms with Crippen molar-refractivity contribution in [2.75, 3.05) is 13.7 Å². The highest BCUT2D eigenvalue weighted by Crippen LogP contribution is 2.29. The van der Waals surface area contributed by atoms with E-state index in [9.17, 15) is 18.0 Å². The average molecular weight is 400 g/mol. The number of oxime groups is 2. The summed E-state index contributed by atoms with van der Waals surface area (Å²) < 4.78 is 43.3. The van der Waals surface area contributed by atoms with Crippen molar-refractivity contribution in [2.24, 2.45) is 10.3 Å². The minimum Gasteiger partial charge on any atom is -0.385 e. The highest BCUT2D eigenvalue weighted by atomic mass is 19.4. The molecule has 0 bridgehead atoms. The van der Waals surface area contributed by atoms with Gasteiger partial charge in [-0.2, -0.15) is 13.2 Å². The molecule has 1 aliphatic rings. The van der Waals surface area contributed by atoms with E-state index in [2.05, 4.69) is 10.3 Å². The normalized spacial score (nSPS) is 19.9. The SMILES string of the molecule is COCCCC/C(=N\OC(=O)C1(C)CC(C)=NO1)c1ccc(C(F)(F)F)cc1. The van der Waals surface area contributed by atoms with Crippen molar-refractivity contribution >= 4 is 17.4 Å². The van der Waals surface area contributed by atoms with E-state index in [1.54, 1.807) is 21.0 Å². The van der Waals surface area contributed by atoms with Crippen LogP contribution in [0, 0.1) is 0 Å². The van der Waals surface area contributed by atoms with Crippen molar-refractivity contribution in [3.63, 3.8) is 0 Å². The van der Waals surface area contributed by atoms with E-state index >= 15 is 0 Å². The Labute approximate surface area is 161 Å². The van der Waals surface area contributed by atoms with Crippen molar-refractivity contribution in [1.29, 1.82) is 0 Å². The van der Waals surface area contributed by atoms with Crippen LogP contribution in [0.25, 0.3) is 0 Å². The van der Waals surface area contributed by atoms with E-state index in [1.807, 2.05) is 0 Å². The van der Waals surface area contributed by atoms with Crippen LogP contribution >= 0.6 is 0 Å². The van der Waals surface area contributed by atoms with E-state index in [4.69, 9.17) is 14.4 Å². The minimum atomic E-state index is -4.42.